The fourth-order valence-corrected chi connectivity index (χ4v) is 1.61. The fraction of sp³-hybridized carbons (Fsp3) is 0.400. The predicted octanol–water partition coefficient (Wildman–Crippen LogP) is -1.72. The third-order valence-corrected chi connectivity index (χ3v) is 2.63. The van der Waals surface area contributed by atoms with Gasteiger partial charge in [0.05, 0.1) is 6.61 Å². The molecule has 0 radical (unpaired) electrons. The van der Waals surface area contributed by atoms with Gasteiger partial charge < -0.3 is 20.1 Å². The van der Waals surface area contributed by atoms with Crippen molar-refractivity contribution >= 4 is 5.88 Å². The largest absolute Gasteiger partial charge is 0.505 e. The molecule has 0 saturated carbocycles. The van der Waals surface area contributed by atoms with Gasteiger partial charge in [-0.15, -0.1) is 0 Å². The highest BCUT2D eigenvalue weighted by Crippen LogP contribution is 2.25. The lowest BCUT2D eigenvalue weighted by molar-refractivity contribution is 0.0137. The molecule has 98 valence electrons. The topological polar surface area (TPSA) is 125 Å². The minimum atomic E-state index is -1.41. The van der Waals surface area contributed by atoms with Crippen molar-refractivity contribution in [2.75, 3.05) is 6.61 Å². The van der Waals surface area contributed by atoms with Gasteiger partial charge in [0.2, 0.25) is 5.88 Å². The normalized spacial score (nSPS) is 23.3. The number of aromatic amines is 1. The van der Waals surface area contributed by atoms with Gasteiger partial charge in [0.1, 0.15) is 0 Å². The summed E-state index contributed by atoms with van der Waals surface area (Å²) in [5.74, 6) is -0.867. The number of hydrogen-bond donors (Lipinski definition) is 4. The lowest BCUT2D eigenvalue weighted by Crippen LogP contribution is -2.31. The van der Waals surface area contributed by atoms with Crippen molar-refractivity contribution in [1.29, 1.82) is 0 Å². The molecule has 8 nitrogen and oxygen atoms in total. The second-order valence-electron chi connectivity index (χ2n) is 3.92. The first-order chi connectivity index (χ1) is 8.45. The van der Waals surface area contributed by atoms with E-state index in [1.54, 1.807) is 0 Å². The molecule has 2 atom stereocenters. The van der Waals surface area contributed by atoms with Crippen molar-refractivity contribution in [3.05, 3.63) is 38.4 Å². The van der Waals surface area contributed by atoms with Crippen molar-refractivity contribution in [3.8, 4) is 0 Å². The summed E-state index contributed by atoms with van der Waals surface area (Å²) in [7, 11) is 0. The summed E-state index contributed by atoms with van der Waals surface area (Å²) < 4.78 is 5.93. The van der Waals surface area contributed by atoms with Crippen LogP contribution in [-0.2, 0) is 4.74 Å². The molecule has 0 spiro atoms. The van der Waals surface area contributed by atoms with Crippen LogP contribution >= 0.6 is 0 Å². The molecular weight excluding hydrogens is 244 g/mol. The standard InChI is InChI=1S/C10H12N2O6/c1-4-2-12(10(17)11-8(4)16)9-7(15)6(14)5(3-13)18-9/h2,5-6,13-15H,3H2,1H3,(H,11,16,17)/t5-,6?/m1/s1. The van der Waals surface area contributed by atoms with Gasteiger partial charge in [-0.05, 0) is 6.92 Å². The van der Waals surface area contributed by atoms with E-state index in [0.29, 0.717) is 0 Å². The van der Waals surface area contributed by atoms with Crippen molar-refractivity contribution in [3.63, 3.8) is 0 Å². The van der Waals surface area contributed by atoms with Crippen LogP contribution in [0.15, 0.2) is 21.5 Å². The Morgan fingerprint density at radius 2 is 2.17 bits per heavy atom. The monoisotopic (exact) mass is 256 g/mol. The number of nitrogens with one attached hydrogen (secondary N) is 1. The predicted molar refractivity (Wildman–Crippen MR) is 59.9 cm³/mol. The van der Waals surface area contributed by atoms with Gasteiger partial charge in [0.25, 0.3) is 5.56 Å². The number of hydrogen-bond acceptors (Lipinski definition) is 6. The summed E-state index contributed by atoms with van der Waals surface area (Å²) in [4.78, 5) is 24.8. The fourth-order valence-electron chi connectivity index (χ4n) is 1.61. The molecule has 0 amide bonds. The second-order valence-corrected chi connectivity index (χ2v) is 3.92. The van der Waals surface area contributed by atoms with E-state index in [-0.39, 0.29) is 11.4 Å². The van der Waals surface area contributed by atoms with Gasteiger partial charge in [-0.1, -0.05) is 0 Å². The van der Waals surface area contributed by atoms with E-state index in [0.717, 1.165) is 4.57 Å². The summed E-state index contributed by atoms with van der Waals surface area (Å²) in [6, 6.07) is 0. The molecule has 18 heavy (non-hydrogen) atoms. The Bertz CT molecular complexity index is 614. The van der Waals surface area contributed by atoms with Gasteiger partial charge in [-0.3, -0.25) is 9.78 Å². The molecule has 4 N–H and O–H groups in total. The average molecular weight is 256 g/mol. The molecule has 0 bridgehead atoms. The molecule has 2 heterocycles. The van der Waals surface area contributed by atoms with E-state index in [4.69, 9.17) is 9.84 Å². The third-order valence-electron chi connectivity index (χ3n) is 2.63. The van der Waals surface area contributed by atoms with Crippen molar-refractivity contribution in [2.24, 2.45) is 0 Å². The van der Waals surface area contributed by atoms with Gasteiger partial charge in [-0.25, -0.2) is 9.36 Å². The maximum Gasteiger partial charge on any atom is 0.335 e. The molecule has 0 aliphatic carbocycles. The zero-order valence-electron chi connectivity index (χ0n) is 9.45. The van der Waals surface area contributed by atoms with Crippen LogP contribution < -0.4 is 11.2 Å². The number of ether oxygens (including phenoxy) is 1. The van der Waals surface area contributed by atoms with Crippen molar-refractivity contribution in [2.45, 2.75) is 19.1 Å². The number of rotatable bonds is 2. The SMILES string of the molecule is Cc1cn(C2=C(O)C(O)[C@@H](CO)O2)c(=O)[nH]c1=O. The Morgan fingerprint density at radius 3 is 2.72 bits per heavy atom. The third kappa shape index (κ3) is 1.81. The van der Waals surface area contributed by atoms with Crippen molar-refractivity contribution < 1.29 is 20.1 Å². The van der Waals surface area contributed by atoms with E-state index >= 15 is 0 Å². The van der Waals surface area contributed by atoms with Gasteiger partial charge in [0.15, 0.2) is 18.0 Å². The molecule has 2 rings (SSSR count). The Kier molecular flexibility index (Phi) is 2.97. The first-order valence-electron chi connectivity index (χ1n) is 5.17. The number of aromatic nitrogens is 2. The highest BCUT2D eigenvalue weighted by atomic mass is 16.5. The van der Waals surface area contributed by atoms with E-state index in [1.807, 2.05) is 4.98 Å². The Hall–Kier alpha value is -2.06. The summed E-state index contributed by atoms with van der Waals surface area (Å²) in [6.45, 7) is 0.951. The number of aryl methyl sites for hydroxylation is 1. The highest BCUT2D eigenvalue weighted by Gasteiger charge is 2.36. The maximum absolute atomic E-state index is 11.6. The molecule has 0 aromatic carbocycles. The molecule has 1 aromatic heterocycles. The van der Waals surface area contributed by atoms with Gasteiger partial charge >= 0.3 is 5.69 Å². The Labute approximate surface area is 100 Å². The number of aliphatic hydroxyl groups is 3. The zero-order valence-corrected chi connectivity index (χ0v) is 9.45. The number of aliphatic hydroxyl groups excluding tert-OH is 3. The van der Waals surface area contributed by atoms with Crippen LogP contribution in [0, 0.1) is 6.92 Å². The molecule has 0 saturated heterocycles. The lowest BCUT2D eigenvalue weighted by atomic mass is 10.2. The maximum atomic E-state index is 11.6. The van der Waals surface area contributed by atoms with Crippen LogP contribution in [0.3, 0.4) is 0 Å². The molecule has 0 fully saturated rings. The van der Waals surface area contributed by atoms with Crippen LogP contribution in [0.5, 0.6) is 0 Å². The Balaban J connectivity index is 2.54. The smallest absolute Gasteiger partial charge is 0.335 e. The number of nitrogens with zero attached hydrogens (tertiary/aromatic N) is 1. The molecule has 1 aliphatic heterocycles. The summed E-state index contributed by atoms with van der Waals surface area (Å²) >= 11 is 0. The Morgan fingerprint density at radius 1 is 1.50 bits per heavy atom. The lowest BCUT2D eigenvalue weighted by Gasteiger charge is -2.12. The van der Waals surface area contributed by atoms with Gasteiger partial charge in [-0.2, -0.15) is 0 Å². The molecule has 1 unspecified atom stereocenters. The van der Waals surface area contributed by atoms with Crippen LogP contribution in [0.1, 0.15) is 5.56 Å². The molecular formula is C10H12N2O6. The molecule has 1 aliphatic rings. The van der Waals surface area contributed by atoms with E-state index in [2.05, 4.69) is 0 Å². The number of H-pyrrole nitrogens is 1. The minimum Gasteiger partial charge on any atom is -0.505 e. The average Bonchev–Trinajstić information content (AvgIpc) is 2.61. The highest BCUT2D eigenvalue weighted by molar-refractivity contribution is 5.45. The molecule has 8 heteroatoms. The summed E-state index contributed by atoms with van der Waals surface area (Å²) in [6.07, 6.45) is -1.28. The van der Waals surface area contributed by atoms with Crippen LogP contribution in [0.4, 0.5) is 0 Å². The van der Waals surface area contributed by atoms with Crippen LogP contribution in [0.25, 0.3) is 5.88 Å². The second kappa shape index (κ2) is 4.31. The molecule has 1 aromatic rings. The minimum absolute atomic E-state index is 0.237. The van der Waals surface area contributed by atoms with Gasteiger partial charge in [0, 0.05) is 11.8 Å². The first-order valence-corrected chi connectivity index (χ1v) is 5.17. The van der Waals surface area contributed by atoms with Crippen LogP contribution in [0.2, 0.25) is 0 Å². The zero-order chi connectivity index (χ0) is 13.4. The van der Waals surface area contributed by atoms with E-state index in [9.17, 15) is 19.8 Å². The quantitative estimate of drug-likeness (QED) is 0.499. The van der Waals surface area contributed by atoms with E-state index in [1.165, 1.54) is 13.1 Å². The van der Waals surface area contributed by atoms with Crippen LogP contribution in [-0.4, -0.2) is 43.7 Å². The van der Waals surface area contributed by atoms with E-state index < -0.39 is 35.8 Å². The van der Waals surface area contributed by atoms with Crippen molar-refractivity contribution in [1.82, 2.24) is 9.55 Å². The summed E-state index contributed by atoms with van der Waals surface area (Å²) in [5, 5.41) is 28.1. The first kappa shape index (κ1) is 12.4. The summed E-state index contributed by atoms with van der Waals surface area (Å²) in [5.41, 5.74) is -1.12.